The molecule has 0 unspecified atom stereocenters. The van der Waals surface area contributed by atoms with Gasteiger partial charge in [-0.2, -0.15) is 0 Å². The number of likely N-dealkylation sites (N-methyl/N-ethyl adjacent to an activating group) is 1. The molecule has 5 heteroatoms. The van der Waals surface area contributed by atoms with Crippen LogP contribution in [0, 0.1) is 0 Å². The molecule has 2 aromatic rings. The Morgan fingerprint density at radius 2 is 2.23 bits per heavy atom. The highest BCUT2D eigenvalue weighted by atomic mass is 16.3. The van der Waals surface area contributed by atoms with Gasteiger partial charge in [0, 0.05) is 37.5 Å². The zero-order chi connectivity index (χ0) is 15.7. The van der Waals surface area contributed by atoms with Crippen LogP contribution in [0.25, 0.3) is 11.0 Å². The van der Waals surface area contributed by atoms with E-state index in [1.807, 2.05) is 24.3 Å². The number of rotatable bonds is 4. The van der Waals surface area contributed by atoms with E-state index in [1.165, 1.54) is 0 Å². The number of carbonyl (C=O) groups is 1. The van der Waals surface area contributed by atoms with Crippen molar-refractivity contribution in [3.05, 3.63) is 35.6 Å². The highest BCUT2D eigenvalue weighted by Crippen LogP contribution is 2.27. The molecule has 0 saturated carbocycles. The van der Waals surface area contributed by atoms with Gasteiger partial charge in [0.1, 0.15) is 11.3 Å². The molecule has 2 N–H and O–H groups in total. The lowest BCUT2D eigenvalue weighted by Crippen LogP contribution is -2.41. The molecule has 0 bridgehead atoms. The largest absolute Gasteiger partial charge is 0.461 e. The van der Waals surface area contributed by atoms with Crippen molar-refractivity contribution in [1.29, 1.82) is 0 Å². The van der Waals surface area contributed by atoms with Crippen LogP contribution in [0.3, 0.4) is 0 Å². The molecule has 3 rings (SSSR count). The van der Waals surface area contributed by atoms with Crippen LogP contribution in [0.5, 0.6) is 0 Å². The number of hydrogen-bond donors (Lipinski definition) is 2. The third-order valence-electron chi connectivity index (χ3n) is 4.28. The van der Waals surface area contributed by atoms with Gasteiger partial charge in [-0.05, 0) is 12.5 Å². The summed E-state index contributed by atoms with van der Waals surface area (Å²) in [7, 11) is 1.80. The van der Waals surface area contributed by atoms with Gasteiger partial charge in [-0.15, -0.1) is 0 Å². The van der Waals surface area contributed by atoms with E-state index in [0.717, 1.165) is 28.7 Å². The number of benzene rings is 1. The lowest BCUT2D eigenvalue weighted by molar-refractivity contribution is -0.132. The lowest BCUT2D eigenvalue weighted by atomic mass is 10.1. The van der Waals surface area contributed by atoms with Crippen molar-refractivity contribution in [3.8, 4) is 0 Å². The minimum atomic E-state index is -0.427. The van der Waals surface area contributed by atoms with E-state index < -0.39 is 6.10 Å². The molecule has 5 nitrogen and oxygen atoms in total. The van der Waals surface area contributed by atoms with Gasteiger partial charge in [0.2, 0.25) is 5.91 Å². The number of aryl methyl sites for hydroxylation is 1. The first kappa shape index (κ1) is 15.1. The third-order valence-corrected chi connectivity index (χ3v) is 4.28. The van der Waals surface area contributed by atoms with Gasteiger partial charge in [-0.3, -0.25) is 4.79 Å². The van der Waals surface area contributed by atoms with E-state index in [2.05, 4.69) is 12.2 Å². The molecule has 1 aliphatic heterocycles. The third kappa shape index (κ3) is 2.74. The van der Waals surface area contributed by atoms with Crippen LogP contribution in [0.1, 0.15) is 24.7 Å². The standard InChI is InChI=1S/C17H22N2O3/c1-3-15-13(12-6-4-5-7-16(12)22-15)10-19(2)17(21)14-8-11(20)9-18-14/h4-7,11,14,18,20H,3,8-10H2,1-2H3/t11-,14+/m0/s1. The molecule has 1 amide bonds. The maximum absolute atomic E-state index is 12.5. The first-order valence-electron chi connectivity index (χ1n) is 7.75. The summed E-state index contributed by atoms with van der Waals surface area (Å²) in [6, 6.07) is 7.63. The van der Waals surface area contributed by atoms with Gasteiger partial charge in [-0.1, -0.05) is 25.1 Å². The van der Waals surface area contributed by atoms with Gasteiger partial charge >= 0.3 is 0 Å². The van der Waals surface area contributed by atoms with Crippen molar-refractivity contribution in [2.75, 3.05) is 13.6 Å². The van der Waals surface area contributed by atoms with Crippen molar-refractivity contribution >= 4 is 16.9 Å². The highest BCUT2D eigenvalue weighted by molar-refractivity contribution is 5.85. The van der Waals surface area contributed by atoms with Crippen LogP contribution in [-0.4, -0.2) is 41.7 Å². The summed E-state index contributed by atoms with van der Waals surface area (Å²) in [6.07, 6.45) is 0.853. The molecule has 0 radical (unpaired) electrons. The Kier molecular flexibility index (Phi) is 4.18. The normalized spacial score (nSPS) is 21.4. The molecule has 0 spiro atoms. The van der Waals surface area contributed by atoms with E-state index >= 15 is 0 Å². The Labute approximate surface area is 129 Å². The average molecular weight is 302 g/mol. The van der Waals surface area contributed by atoms with E-state index in [4.69, 9.17) is 4.42 Å². The molecule has 0 aliphatic carbocycles. The second kappa shape index (κ2) is 6.10. The number of hydrogen-bond acceptors (Lipinski definition) is 4. The van der Waals surface area contributed by atoms with E-state index in [0.29, 0.717) is 19.5 Å². The summed E-state index contributed by atoms with van der Waals surface area (Å²) >= 11 is 0. The minimum absolute atomic E-state index is 0.0175. The molecular formula is C17H22N2O3. The van der Waals surface area contributed by atoms with Crippen molar-refractivity contribution in [2.24, 2.45) is 0 Å². The van der Waals surface area contributed by atoms with Gasteiger partial charge in [0.05, 0.1) is 12.1 Å². The number of fused-ring (bicyclic) bond motifs is 1. The van der Waals surface area contributed by atoms with Crippen LogP contribution in [0.2, 0.25) is 0 Å². The van der Waals surface area contributed by atoms with Crippen LogP contribution < -0.4 is 5.32 Å². The number of aliphatic hydroxyl groups excluding tert-OH is 1. The minimum Gasteiger partial charge on any atom is -0.461 e. The Hall–Kier alpha value is -1.85. The second-order valence-corrected chi connectivity index (χ2v) is 5.90. The van der Waals surface area contributed by atoms with Gasteiger partial charge in [0.15, 0.2) is 0 Å². The number of aliphatic hydroxyl groups is 1. The fraction of sp³-hybridized carbons (Fsp3) is 0.471. The van der Waals surface area contributed by atoms with Gasteiger partial charge in [0.25, 0.3) is 0 Å². The van der Waals surface area contributed by atoms with Crippen molar-refractivity contribution in [2.45, 2.75) is 38.5 Å². The van der Waals surface area contributed by atoms with Gasteiger partial charge in [-0.25, -0.2) is 0 Å². The SMILES string of the molecule is CCc1oc2ccccc2c1CN(C)C(=O)[C@H]1C[C@H](O)CN1. The van der Waals surface area contributed by atoms with E-state index in [1.54, 1.807) is 11.9 Å². The Balaban J connectivity index is 1.81. The molecule has 2 heterocycles. The smallest absolute Gasteiger partial charge is 0.239 e. The number of nitrogens with zero attached hydrogens (tertiary/aromatic N) is 1. The summed E-state index contributed by atoms with van der Waals surface area (Å²) < 4.78 is 5.88. The quantitative estimate of drug-likeness (QED) is 0.902. The molecule has 1 aliphatic rings. The van der Waals surface area contributed by atoms with Crippen molar-refractivity contribution in [3.63, 3.8) is 0 Å². The summed E-state index contributed by atoms with van der Waals surface area (Å²) in [5.41, 5.74) is 1.94. The maximum atomic E-state index is 12.5. The van der Waals surface area contributed by atoms with Gasteiger partial charge < -0.3 is 19.7 Å². The number of amides is 1. The molecule has 118 valence electrons. The summed E-state index contributed by atoms with van der Waals surface area (Å²) in [4.78, 5) is 14.2. The number of carbonyl (C=O) groups excluding carboxylic acids is 1. The molecule has 1 aromatic carbocycles. The lowest BCUT2D eigenvalue weighted by Gasteiger charge is -2.21. The predicted octanol–water partition coefficient (Wildman–Crippen LogP) is 1.68. The van der Waals surface area contributed by atoms with Crippen molar-refractivity contribution in [1.82, 2.24) is 10.2 Å². The zero-order valence-electron chi connectivity index (χ0n) is 13.0. The topological polar surface area (TPSA) is 65.7 Å². The fourth-order valence-electron chi connectivity index (χ4n) is 3.09. The monoisotopic (exact) mass is 302 g/mol. The predicted molar refractivity (Wildman–Crippen MR) is 84.5 cm³/mol. The summed E-state index contributed by atoms with van der Waals surface area (Å²) in [5.74, 6) is 0.948. The average Bonchev–Trinajstić information content (AvgIpc) is 3.10. The maximum Gasteiger partial charge on any atom is 0.239 e. The Morgan fingerprint density at radius 1 is 1.45 bits per heavy atom. The van der Waals surface area contributed by atoms with Crippen LogP contribution in [-0.2, 0) is 17.8 Å². The summed E-state index contributed by atoms with van der Waals surface area (Å²) in [5, 5.41) is 13.7. The van der Waals surface area contributed by atoms with E-state index in [9.17, 15) is 9.90 Å². The molecule has 1 aromatic heterocycles. The zero-order valence-corrected chi connectivity index (χ0v) is 13.0. The van der Waals surface area contributed by atoms with Crippen LogP contribution >= 0.6 is 0 Å². The first-order valence-corrected chi connectivity index (χ1v) is 7.75. The molecular weight excluding hydrogens is 280 g/mol. The van der Waals surface area contributed by atoms with Crippen LogP contribution in [0.15, 0.2) is 28.7 Å². The molecule has 22 heavy (non-hydrogen) atoms. The highest BCUT2D eigenvalue weighted by Gasteiger charge is 2.30. The van der Waals surface area contributed by atoms with Crippen LogP contribution in [0.4, 0.5) is 0 Å². The number of β-amino-alcohol motifs (C(OH)–C–C–N with tert-alkyl or cyclic N) is 1. The second-order valence-electron chi connectivity index (χ2n) is 5.90. The van der Waals surface area contributed by atoms with E-state index in [-0.39, 0.29) is 11.9 Å². The Morgan fingerprint density at radius 3 is 2.91 bits per heavy atom. The fourth-order valence-corrected chi connectivity index (χ4v) is 3.09. The number of furan rings is 1. The number of nitrogens with one attached hydrogen (secondary N) is 1. The first-order chi connectivity index (χ1) is 10.6. The number of para-hydroxylation sites is 1. The Bertz CT molecular complexity index is 680. The molecule has 2 atom stereocenters. The molecule has 1 fully saturated rings. The molecule has 1 saturated heterocycles. The summed E-state index contributed by atoms with van der Waals surface area (Å²) in [6.45, 7) is 3.06. The van der Waals surface area contributed by atoms with Crippen molar-refractivity contribution < 1.29 is 14.3 Å².